The van der Waals surface area contributed by atoms with Crippen LogP contribution in [-0.2, 0) is 0 Å². The summed E-state index contributed by atoms with van der Waals surface area (Å²) in [6, 6.07) is 0. The van der Waals surface area contributed by atoms with E-state index in [9.17, 15) is 0 Å². The minimum Gasteiger partial charge on any atom is -0.0917 e. The lowest BCUT2D eigenvalue weighted by atomic mass is 10.00. The average Bonchev–Trinajstić information content (AvgIpc) is 2.21. The smallest absolute Gasteiger partial charge is 0.0351 e. The van der Waals surface area contributed by atoms with Crippen molar-refractivity contribution in [2.24, 2.45) is 5.92 Å². The molecule has 0 fully saturated rings. The first kappa shape index (κ1) is 13.7. The van der Waals surface area contributed by atoms with Crippen molar-refractivity contribution < 1.29 is 0 Å². The second-order valence-electron chi connectivity index (χ2n) is 4.43. The molecule has 14 heavy (non-hydrogen) atoms. The number of unbranched alkanes of at least 4 members (excludes halogenated alkanes) is 5. The molecule has 0 amide bonds. The number of allylic oxidation sites excluding steroid dienone is 2. The summed E-state index contributed by atoms with van der Waals surface area (Å²) in [5.41, 5.74) is 0. The number of hydrogen-bond acceptors (Lipinski definition) is 0. The quantitative estimate of drug-likeness (QED) is 0.345. The third-order valence-corrected chi connectivity index (χ3v) is 3.00. The van der Waals surface area contributed by atoms with E-state index in [2.05, 4.69) is 32.9 Å². The van der Waals surface area contributed by atoms with Gasteiger partial charge in [-0.25, -0.2) is 0 Å². The molecule has 0 saturated carbocycles. The van der Waals surface area contributed by atoms with Gasteiger partial charge in [0.15, 0.2) is 0 Å². The molecule has 0 aliphatic carbocycles. The molecule has 1 atom stereocenters. The van der Waals surface area contributed by atoms with Crippen molar-refractivity contribution in [3.8, 4) is 0 Å². The Morgan fingerprint density at radius 3 is 2.29 bits per heavy atom. The summed E-state index contributed by atoms with van der Waals surface area (Å²) in [6.07, 6.45) is 15.6. The maximum atomic E-state index is 2.37. The van der Waals surface area contributed by atoms with Crippen LogP contribution in [0.15, 0.2) is 12.2 Å². The maximum Gasteiger partial charge on any atom is -0.0351 e. The molecular formula is C14H28. The van der Waals surface area contributed by atoms with Crippen LogP contribution in [-0.4, -0.2) is 0 Å². The average molecular weight is 196 g/mol. The van der Waals surface area contributed by atoms with E-state index in [1.54, 1.807) is 0 Å². The van der Waals surface area contributed by atoms with Crippen molar-refractivity contribution >= 4 is 0 Å². The highest BCUT2D eigenvalue weighted by molar-refractivity contribution is 4.76. The molecule has 0 saturated heterocycles. The van der Waals surface area contributed by atoms with Gasteiger partial charge in [-0.15, -0.1) is 0 Å². The summed E-state index contributed by atoms with van der Waals surface area (Å²) in [4.78, 5) is 0. The summed E-state index contributed by atoms with van der Waals surface area (Å²) in [5, 5.41) is 0. The first-order valence-corrected chi connectivity index (χ1v) is 6.42. The van der Waals surface area contributed by atoms with Gasteiger partial charge in [0, 0.05) is 0 Å². The van der Waals surface area contributed by atoms with Crippen LogP contribution in [0.25, 0.3) is 0 Å². The summed E-state index contributed by atoms with van der Waals surface area (Å²) >= 11 is 0. The molecule has 0 rings (SSSR count). The van der Waals surface area contributed by atoms with E-state index in [1.807, 2.05) is 0 Å². The van der Waals surface area contributed by atoms with Gasteiger partial charge in [-0.3, -0.25) is 0 Å². The highest BCUT2D eigenvalue weighted by atomic mass is 14.0. The van der Waals surface area contributed by atoms with Gasteiger partial charge in [0.05, 0.1) is 0 Å². The summed E-state index contributed by atoms with van der Waals surface area (Å²) in [6.45, 7) is 6.76. The fourth-order valence-electron chi connectivity index (χ4n) is 1.66. The zero-order valence-corrected chi connectivity index (χ0v) is 10.4. The lowest BCUT2D eigenvalue weighted by molar-refractivity contribution is 0.473. The topological polar surface area (TPSA) is 0 Å². The van der Waals surface area contributed by atoms with E-state index < -0.39 is 0 Å². The number of rotatable bonds is 9. The standard InChI is InChI=1S/C14H28/c1-4-6-7-8-9-10-11-12-13-14(3)5-2/h4,6,14H,5,7-13H2,1-3H3/b6-4-. The molecule has 0 N–H and O–H groups in total. The monoisotopic (exact) mass is 196 g/mol. The van der Waals surface area contributed by atoms with Crippen molar-refractivity contribution in [3.63, 3.8) is 0 Å². The van der Waals surface area contributed by atoms with Gasteiger partial charge in [0.25, 0.3) is 0 Å². The van der Waals surface area contributed by atoms with Crippen molar-refractivity contribution in [1.82, 2.24) is 0 Å². The molecule has 0 nitrogen and oxygen atoms in total. The Bertz CT molecular complexity index is 124. The third kappa shape index (κ3) is 9.83. The molecule has 0 aliphatic rings. The molecule has 0 bridgehead atoms. The van der Waals surface area contributed by atoms with Crippen LogP contribution in [0.2, 0.25) is 0 Å². The van der Waals surface area contributed by atoms with Gasteiger partial charge in [0.1, 0.15) is 0 Å². The Kier molecular flexibility index (Phi) is 10.6. The fourth-order valence-corrected chi connectivity index (χ4v) is 1.66. The first-order chi connectivity index (χ1) is 6.81. The van der Waals surface area contributed by atoms with E-state index in [1.165, 1.54) is 51.4 Å². The summed E-state index contributed by atoms with van der Waals surface area (Å²) in [7, 11) is 0. The SMILES string of the molecule is C/C=C\CCCCCCCC(C)CC. The first-order valence-electron chi connectivity index (χ1n) is 6.42. The van der Waals surface area contributed by atoms with Crippen LogP contribution in [0.3, 0.4) is 0 Å². The Balaban J connectivity index is 2.99. The minimum atomic E-state index is 0.943. The molecule has 0 heterocycles. The van der Waals surface area contributed by atoms with Crippen molar-refractivity contribution in [1.29, 1.82) is 0 Å². The van der Waals surface area contributed by atoms with E-state index in [4.69, 9.17) is 0 Å². The molecule has 84 valence electrons. The predicted octanol–water partition coefficient (Wildman–Crippen LogP) is 5.34. The number of hydrogen-bond donors (Lipinski definition) is 0. The molecule has 1 unspecified atom stereocenters. The lowest BCUT2D eigenvalue weighted by Gasteiger charge is -2.06. The molecule has 0 radical (unpaired) electrons. The van der Waals surface area contributed by atoms with E-state index in [0.717, 1.165) is 5.92 Å². The van der Waals surface area contributed by atoms with E-state index in [-0.39, 0.29) is 0 Å². The van der Waals surface area contributed by atoms with Gasteiger partial charge >= 0.3 is 0 Å². The maximum absolute atomic E-state index is 2.37. The third-order valence-electron chi connectivity index (χ3n) is 3.00. The predicted molar refractivity (Wildman–Crippen MR) is 66.6 cm³/mol. The zero-order valence-electron chi connectivity index (χ0n) is 10.4. The van der Waals surface area contributed by atoms with Crippen LogP contribution in [0, 0.1) is 5.92 Å². The van der Waals surface area contributed by atoms with E-state index >= 15 is 0 Å². The molecule has 0 heteroatoms. The highest BCUT2D eigenvalue weighted by Crippen LogP contribution is 2.14. The fraction of sp³-hybridized carbons (Fsp3) is 0.857. The van der Waals surface area contributed by atoms with Crippen molar-refractivity contribution in [2.75, 3.05) is 0 Å². The minimum absolute atomic E-state index is 0.943. The lowest BCUT2D eigenvalue weighted by Crippen LogP contribution is -1.91. The Labute approximate surface area is 90.8 Å². The highest BCUT2D eigenvalue weighted by Gasteiger charge is 1.97. The van der Waals surface area contributed by atoms with E-state index in [0.29, 0.717) is 0 Å². The molecule has 0 spiro atoms. The Morgan fingerprint density at radius 1 is 1.00 bits per heavy atom. The van der Waals surface area contributed by atoms with Gasteiger partial charge in [-0.05, 0) is 25.7 Å². The van der Waals surface area contributed by atoms with Crippen LogP contribution in [0.5, 0.6) is 0 Å². The largest absolute Gasteiger partial charge is 0.0917 e. The van der Waals surface area contributed by atoms with Crippen molar-refractivity contribution in [3.05, 3.63) is 12.2 Å². The molecule has 0 aromatic rings. The van der Waals surface area contributed by atoms with Crippen LogP contribution in [0.4, 0.5) is 0 Å². The van der Waals surface area contributed by atoms with Crippen LogP contribution >= 0.6 is 0 Å². The van der Waals surface area contributed by atoms with Crippen LogP contribution < -0.4 is 0 Å². The molecule has 0 aliphatic heterocycles. The summed E-state index contributed by atoms with van der Waals surface area (Å²) in [5.74, 6) is 0.943. The second-order valence-corrected chi connectivity index (χ2v) is 4.43. The summed E-state index contributed by atoms with van der Waals surface area (Å²) < 4.78 is 0. The molecule has 0 aromatic heterocycles. The second kappa shape index (κ2) is 10.8. The van der Waals surface area contributed by atoms with Crippen molar-refractivity contribution in [2.45, 2.75) is 72.1 Å². The van der Waals surface area contributed by atoms with Crippen LogP contribution in [0.1, 0.15) is 72.1 Å². The van der Waals surface area contributed by atoms with Gasteiger partial charge in [0.2, 0.25) is 0 Å². The Hall–Kier alpha value is -0.260. The van der Waals surface area contributed by atoms with Gasteiger partial charge < -0.3 is 0 Å². The normalized spacial score (nSPS) is 13.6. The van der Waals surface area contributed by atoms with Gasteiger partial charge in [-0.1, -0.05) is 64.5 Å². The molecular weight excluding hydrogens is 168 g/mol. The van der Waals surface area contributed by atoms with Gasteiger partial charge in [-0.2, -0.15) is 0 Å². The Morgan fingerprint density at radius 2 is 1.64 bits per heavy atom. The zero-order chi connectivity index (χ0) is 10.6. The molecule has 0 aromatic carbocycles.